The highest BCUT2D eigenvalue weighted by Crippen LogP contribution is 2.21. The molecular formula is C14H12N4O. The molecule has 0 saturated heterocycles. The third-order valence-electron chi connectivity index (χ3n) is 2.70. The number of aryl methyl sites for hydroxylation is 1. The van der Waals surface area contributed by atoms with Crippen LogP contribution in [0.25, 0.3) is 23.0 Å². The number of rotatable bonds is 2. The van der Waals surface area contributed by atoms with E-state index in [1.807, 2.05) is 37.3 Å². The summed E-state index contributed by atoms with van der Waals surface area (Å²) in [6.07, 6.45) is 0. The predicted molar refractivity (Wildman–Crippen MR) is 72.1 cm³/mol. The van der Waals surface area contributed by atoms with Gasteiger partial charge in [-0.15, -0.1) is 0 Å². The molecule has 0 spiro atoms. The summed E-state index contributed by atoms with van der Waals surface area (Å²) >= 11 is 0. The van der Waals surface area contributed by atoms with Crippen LogP contribution in [0.2, 0.25) is 0 Å². The average Bonchev–Trinajstić information content (AvgIpc) is 2.89. The van der Waals surface area contributed by atoms with Crippen molar-refractivity contribution in [2.75, 3.05) is 5.73 Å². The summed E-state index contributed by atoms with van der Waals surface area (Å²) in [6.45, 7) is 1.92. The number of benzene rings is 1. The Bertz CT molecular complexity index is 703. The molecule has 5 nitrogen and oxygen atoms in total. The number of nitrogens with two attached hydrogens (primary N) is 1. The molecule has 0 atom stereocenters. The molecule has 1 aromatic carbocycles. The molecule has 0 saturated carbocycles. The largest absolute Gasteiger partial charge is 0.399 e. The van der Waals surface area contributed by atoms with Crippen LogP contribution in [0, 0.1) is 6.92 Å². The number of hydrogen-bond acceptors (Lipinski definition) is 5. The van der Waals surface area contributed by atoms with Crippen LogP contribution in [0.3, 0.4) is 0 Å². The number of nitrogen functional groups attached to an aromatic ring is 1. The van der Waals surface area contributed by atoms with Crippen molar-refractivity contribution in [1.29, 1.82) is 0 Å². The van der Waals surface area contributed by atoms with Gasteiger partial charge in [0.2, 0.25) is 5.82 Å². The van der Waals surface area contributed by atoms with Crippen LogP contribution in [0.5, 0.6) is 0 Å². The fourth-order valence-electron chi connectivity index (χ4n) is 1.74. The van der Waals surface area contributed by atoms with Gasteiger partial charge in [-0.25, -0.2) is 4.98 Å². The van der Waals surface area contributed by atoms with Crippen LogP contribution in [0.4, 0.5) is 5.69 Å². The zero-order chi connectivity index (χ0) is 13.2. The van der Waals surface area contributed by atoms with Gasteiger partial charge in [-0.3, -0.25) is 0 Å². The Morgan fingerprint density at radius 2 is 1.79 bits per heavy atom. The van der Waals surface area contributed by atoms with Crippen molar-refractivity contribution < 1.29 is 4.52 Å². The third kappa shape index (κ3) is 2.30. The van der Waals surface area contributed by atoms with Crippen molar-refractivity contribution in [3.63, 3.8) is 0 Å². The SMILES string of the molecule is Cc1cccc(-c2nc(-c3ccc(N)cc3)no2)n1. The van der Waals surface area contributed by atoms with Gasteiger partial charge in [0.25, 0.3) is 5.89 Å². The Hall–Kier alpha value is -2.69. The molecule has 0 bridgehead atoms. The molecule has 2 heterocycles. The van der Waals surface area contributed by atoms with Gasteiger partial charge in [0.15, 0.2) is 0 Å². The Morgan fingerprint density at radius 1 is 1.00 bits per heavy atom. The van der Waals surface area contributed by atoms with Crippen LogP contribution in [-0.4, -0.2) is 15.1 Å². The molecule has 0 aliphatic rings. The van der Waals surface area contributed by atoms with E-state index < -0.39 is 0 Å². The lowest BCUT2D eigenvalue weighted by molar-refractivity contribution is 0.431. The van der Waals surface area contributed by atoms with Gasteiger partial charge >= 0.3 is 0 Å². The van der Waals surface area contributed by atoms with Gasteiger partial charge in [-0.1, -0.05) is 11.2 Å². The van der Waals surface area contributed by atoms with E-state index in [9.17, 15) is 0 Å². The summed E-state index contributed by atoms with van der Waals surface area (Å²) in [5.74, 6) is 0.939. The highest BCUT2D eigenvalue weighted by Gasteiger charge is 2.11. The number of hydrogen-bond donors (Lipinski definition) is 1. The number of aromatic nitrogens is 3. The minimum atomic E-state index is 0.413. The van der Waals surface area contributed by atoms with Gasteiger partial charge < -0.3 is 10.3 Å². The van der Waals surface area contributed by atoms with E-state index in [0.717, 1.165) is 11.3 Å². The molecule has 0 aliphatic heterocycles. The first-order valence-corrected chi connectivity index (χ1v) is 5.86. The van der Waals surface area contributed by atoms with Gasteiger partial charge in [0.1, 0.15) is 5.69 Å². The maximum absolute atomic E-state index is 5.64. The first-order valence-electron chi connectivity index (χ1n) is 5.86. The first kappa shape index (κ1) is 11.4. The lowest BCUT2D eigenvalue weighted by atomic mass is 10.2. The van der Waals surface area contributed by atoms with E-state index in [1.54, 1.807) is 12.1 Å². The summed E-state index contributed by atoms with van der Waals surface area (Å²) in [5, 5.41) is 3.96. The molecule has 0 fully saturated rings. The summed E-state index contributed by atoms with van der Waals surface area (Å²) in [6, 6.07) is 13.0. The van der Waals surface area contributed by atoms with E-state index >= 15 is 0 Å². The second-order valence-corrected chi connectivity index (χ2v) is 4.21. The fourth-order valence-corrected chi connectivity index (χ4v) is 1.74. The van der Waals surface area contributed by atoms with Crippen molar-refractivity contribution in [2.45, 2.75) is 6.92 Å². The molecule has 2 aromatic heterocycles. The summed E-state index contributed by atoms with van der Waals surface area (Å²) in [4.78, 5) is 8.69. The van der Waals surface area contributed by atoms with E-state index in [1.165, 1.54) is 0 Å². The zero-order valence-electron chi connectivity index (χ0n) is 10.4. The van der Waals surface area contributed by atoms with Gasteiger partial charge in [0, 0.05) is 16.9 Å². The van der Waals surface area contributed by atoms with Crippen molar-refractivity contribution in [3.05, 3.63) is 48.2 Å². The Labute approximate surface area is 110 Å². The molecule has 0 aliphatic carbocycles. The quantitative estimate of drug-likeness (QED) is 0.709. The molecule has 94 valence electrons. The van der Waals surface area contributed by atoms with Crippen molar-refractivity contribution in [2.24, 2.45) is 0 Å². The number of pyridine rings is 1. The minimum Gasteiger partial charge on any atom is -0.399 e. The van der Waals surface area contributed by atoms with E-state index in [4.69, 9.17) is 10.3 Å². The van der Waals surface area contributed by atoms with E-state index in [0.29, 0.717) is 23.1 Å². The van der Waals surface area contributed by atoms with Gasteiger partial charge in [0.05, 0.1) is 0 Å². The average molecular weight is 252 g/mol. The van der Waals surface area contributed by atoms with Crippen LogP contribution in [-0.2, 0) is 0 Å². The molecule has 5 heteroatoms. The van der Waals surface area contributed by atoms with Crippen LogP contribution < -0.4 is 5.73 Å². The highest BCUT2D eigenvalue weighted by atomic mass is 16.5. The Morgan fingerprint density at radius 3 is 2.53 bits per heavy atom. The first-order chi connectivity index (χ1) is 9.22. The third-order valence-corrected chi connectivity index (χ3v) is 2.70. The van der Waals surface area contributed by atoms with E-state index in [-0.39, 0.29) is 0 Å². The summed E-state index contributed by atoms with van der Waals surface area (Å²) in [5.41, 5.74) is 8.79. The van der Waals surface area contributed by atoms with Gasteiger partial charge in [-0.05, 0) is 43.3 Å². The van der Waals surface area contributed by atoms with Crippen molar-refractivity contribution in [3.8, 4) is 23.0 Å². The molecule has 2 N–H and O–H groups in total. The molecule has 3 rings (SSSR count). The minimum absolute atomic E-state index is 0.413. The van der Waals surface area contributed by atoms with Crippen LogP contribution in [0.15, 0.2) is 47.0 Å². The van der Waals surface area contributed by atoms with Crippen LogP contribution in [0.1, 0.15) is 5.69 Å². The van der Waals surface area contributed by atoms with Crippen molar-refractivity contribution >= 4 is 5.69 Å². The fraction of sp³-hybridized carbons (Fsp3) is 0.0714. The lowest BCUT2D eigenvalue weighted by Crippen LogP contribution is -1.87. The zero-order valence-corrected chi connectivity index (χ0v) is 10.4. The lowest BCUT2D eigenvalue weighted by Gasteiger charge is -1.95. The Kier molecular flexibility index (Phi) is 2.72. The summed E-state index contributed by atoms with van der Waals surface area (Å²) < 4.78 is 5.24. The molecule has 0 radical (unpaired) electrons. The predicted octanol–water partition coefficient (Wildman–Crippen LogP) is 2.69. The number of nitrogens with zero attached hydrogens (tertiary/aromatic N) is 3. The molecule has 0 unspecified atom stereocenters. The monoisotopic (exact) mass is 252 g/mol. The number of anilines is 1. The second-order valence-electron chi connectivity index (χ2n) is 4.21. The molecule has 0 amide bonds. The Balaban J connectivity index is 1.97. The topological polar surface area (TPSA) is 77.8 Å². The standard InChI is InChI=1S/C14H12N4O/c1-9-3-2-4-12(16-9)14-17-13(18-19-14)10-5-7-11(15)8-6-10/h2-8H,15H2,1H3. The second kappa shape index (κ2) is 4.53. The molecule has 19 heavy (non-hydrogen) atoms. The molecular weight excluding hydrogens is 240 g/mol. The smallest absolute Gasteiger partial charge is 0.276 e. The summed E-state index contributed by atoms with van der Waals surface area (Å²) in [7, 11) is 0. The maximum atomic E-state index is 5.64. The normalized spacial score (nSPS) is 10.6. The molecule has 3 aromatic rings. The van der Waals surface area contributed by atoms with Crippen LogP contribution >= 0.6 is 0 Å². The van der Waals surface area contributed by atoms with Gasteiger partial charge in [-0.2, -0.15) is 4.98 Å². The van der Waals surface area contributed by atoms with E-state index in [2.05, 4.69) is 15.1 Å². The highest BCUT2D eigenvalue weighted by molar-refractivity contribution is 5.60. The maximum Gasteiger partial charge on any atom is 0.276 e. The van der Waals surface area contributed by atoms with Crippen molar-refractivity contribution in [1.82, 2.24) is 15.1 Å².